The van der Waals surface area contributed by atoms with Crippen molar-refractivity contribution < 1.29 is 9.90 Å². The van der Waals surface area contributed by atoms with Crippen LogP contribution in [0.25, 0.3) is 0 Å². The third kappa shape index (κ3) is 4.24. The Bertz CT molecular complexity index is 310. The van der Waals surface area contributed by atoms with Crippen molar-refractivity contribution in [1.82, 2.24) is 5.32 Å². The molecule has 0 bridgehead atoms. The van der Waals surface area contributed by atoms with Gasteiger partial charge in [0.25, 0.3) is 5.91 Å². The van der Waals surface area contributed by atoms with Crippen LogP contribution in [0.5, 0.6) is 0 Å². The summed E-state index contributed by atoms with van der Waals surface area (Å²) in [6.07, 6.45) is 2.58. The van der Waals surface area contributed by atoms with Crippen LogP contribution in [0.3, 0.4) is 0 Å². The van der Waals surface area contributed by atoms with Crippen LogP contribution < -0.4 is 5.32 Å². The molecular weight excluding hydrogens is 222 g/mol. The van der Waals surface area contributed by atoms with Gasteiger partial charge in [-0.1, -0.05) is 18.2 Å². The van der Waals surface area contributed by atoms with Gasteiger partial charge in [-0.2, -0.15) is 11.8 Å². The van der Waals surface area contributed by atoms with Crippen LogP contribution in [0.4, 0.5) is 0 Å². The summed E-state index contributed by atoms with van der Waals surface area (Å²) in [6, 6.07) is 9.15. The van der Waals surface area contributed by atoms with E-state index in [-0.39, 0.29) is 18.6 Å². The van der Waals surface area contributed by atoms with Gasteiger partial charge in [-0.15, -0.1) is 0 Å². The molecule has 1 atom stereocenters. The molecule has 0 aliphatic rings. The second-order valence-corrected chi connectivity index (χ2v) is 4.41. The minimum Gasteiger partial charge on any atom is -0.396 e. The normalized spacial score (nSPS) is 12.1. The lowest BCUT2D eigenvalue weighted by atomic mass is 10.2. The van der Waals surface area contributed by atoms with Gasteiger partial charge >= 0.3 is 0 Å². The van der Waals surface area contributed by atoms with E-state index in [0.717, 1.165) is 5.75 Å². The fourth-order valence-corrected chi connectivity index (χ4v) is 2.06. The highest BCUT2D eigenvalue weighted by atomic mass is 32.2. The molecule has 0 spiro atoms. The SMILES string of the molecule is CSCC(CCO)NC(=O)c1ccccc1. The first-order valence-corrected chi connectivity index (χ1v) is 6.63. The third-order valence-electron chi connectivity index (χ3n) is 2.22. The predicted molar refractivity (Wildman–Crippen MR) is 67.8 cm³/mol. The molecule has 1 aromatic carbocycles. The Kier molecular flexibility index (Phi) is 5.96. The van der Waals surface area contributed by atoms with Crippen LogP contribution >= 0.6 is 11.8 Å². The molecule has 0 radical (unpaired) electrons. The molecule has 3 nitrogen and oxygen atoms in total. The van der Waals surface area contributed by atoms with Crippen LogP contribution in [-0.4, -0.2) is 35.7 Å². The Balaban J connectivity index is 2.54. The Morgan fingerprint density at radius 1 is 1.44 bits per heavy atom. The van der Waals surface area contributed by atoms with Crippen LogP contribution in [0, 0.1) is 0 Å². The number of amides is 1. The van der Waals surface area contributed by atoms with Crippen LogP contribution in [0.15, 0.2) is 30.3 Å². The number of carbonyl (C=O) groups excluding carboxylic acids is 1. The molecule has 1 aromatic rings. The second kappa shape index (κ2) is 7.30. The van der Waals surface area contributed by atoms with E-state index >= 15 is 0 Å². The predicted octanol–water partition coefficient (Wildman–Crippen LogP) is 1.53. The standard InChI is InChI=1S/C12H17NO2S/c1-16-9-11(7-8-14)13-12(15)10-5-3-2-4-6-10/h2-6,11,14H,7-9H2,1H3,(H,13,15). The van der Waals surface area contributed by atoms with Gasteiger partial charge in [0.15, 0.2) is 0 Å². The zero-order valence-corrected chi connectivity index (χ0v) is 10.2. The van der Waals surface area contributed by atoms with Gasteiger partial charge in [0, 0.05) is 24.0 Å². The first-order valence-electron chi connectivity index (χ1n) is 5.23. The molecule has 0 saturated carbocycles. The molecular formula is C12H17NO2S. The molecule has 1 rings (SSSR count). The van der Waals surface area contributed by atoms with E-state index in [9.17, 15) is 4.79 Å². The van der Waals surface area contributed by atoms with Crippen molar-refractivity contribution >= 4 is 17.7 Å². The molecule has 2 N–H and O–H groups in total. The highest BCUT2D eigenvalue weighted by molar-refractivity contribution is 7.98. The topological polar surface area (TPSA) is 49.3 Å². The Morgan fingerprint density at radius 2 is 2.12 bits per heavy atom. The number of thioether (sulfide) groups is 1. The van der Waals surface area contributed by atoms with Crippen molar-refractivity contribution in [2.45, 2.75) is 12.5 Å². The zero-order chi connectivity index (χ0) is 11.8. The van der Waals surface area contributed by atoms with E-state index in [1.807, 2.05) is 24.5 Å². The largest absolute Gasteiger partial charge is 0.396 e. The van der Waals surface area contributed by atoms with Crippen molar-refractivity contribution in [1.29, 1.82) is 0 Å². The molecule has 88 valence electrons. The minimum absolute atomic E-state index is 0.0349. The molecule has 0 aliphatic carbocycles. The summed E-state index contributed by atoms with van der Waals surface area (Å²) >= 11 is 1.66. The maximum atomic E-state index is 11.8. The van der Waals surface area contributed by atoms with E-state index in [1.54, 1.807) is 23.9 Å². The molecule has 0 aliphatic heterocycles. The Morgan fingerprint density at radius 3 is 2.69 bits per heavy atom. The number of carbonyl (C=O) groups is 1. The molecule has 0 fully saturated rings. The zero-order valence-electron chi connectivity index (χ0n) is 9.35. The Hall–Kier alpha value is -1.00. The lowest BCUT2D eigenvalue weighted by Crippen LogP contribution is -2.37. The molecule has 4 heteroatoms. The molecule has 0 heterocycles. The van der Waals surface area contributed by atoms with Crippen molar-refractivity contribution in [3.63, 3.8) is 0 Å². The second-order valence-electron chi connectivity index (χ2n) is 3.50. The van der Waals surface area contributed by atoms with Crippen molar-refractivity contribution in [3.8, 4) is 0 Å². The highest BCUT2D eigenvalue weighted by Gasteiger charge is 2.12. The smallest absolute Gasteiger partial charge is 0.251 e. The number of aliphatic hydroxyl groups excluding tert-OH is 1. The van der Waals surface area contributed by atoms with Gasteiger partial charge in [-0.25, -0.2) is 0 Å². The number of benzene rings is 1. The maximum absolute atomic E-state index is 11.8. The summed E-state index contributed by atoms with van der Waals surface area (Å²) < 4.78 is 0. The van der Waals surface area contributed by atoms with E-state index in [0.29, 0.717) is 12.0 Å². The number of hydrogen-bond acceptors (Lipinski definition) is 3. The Labute approximate surface area is 100 Å². The minimum atomic E-state index is -0.0758. The van der Waals surface area contributed by atoms with Gasteiger partial charge in [-0.3, -0.25) is 4.79 Å². The number of aliphatic hydroxyl groups is 1. The lowest BCUT2D eigenvalue weighted by Gasteiger charge is -2.16. The molecule has 0 aromatic heterocycles. The summed E-state index contributed by atoms with van der Waals surface area (Å²) in [7, 11) is 0. The fraction of sp³-hybridized carbons (Fsp3) is 0.417. The van der Waals surface area contributed by atoms with Crippen LogP contribution in [-0.2, 0) is 0 Å². The van der Waals surface area contributed by atoms with E-state index in [1.165, 1.54) is 0 Å². The fourth-order valence-electron chi connectivity index (χ4n) is 1.41. The molecule has 1 amide bonds. The van der Waals surface area contributed by atoms with Gasteiger partial charge in [0.2, 0.25) is 0 Å². The van der Waals surface area contributed by atoms with Gasteiger partial charge in [0.1, 0.15) is 0 Å². The van der Waals surface area contributed by atoms with Gasteiger partial charge < -0.3 is 10.4 Å². The van der Waals surface area contributed by atoms with E-state index in [2.05, 4.69) is 5.32 Å². The van der Waals surface area contributed by atoms with Crippen LogP contribution in [0.1, 0.15) is 16.8 Å². The summed E-state index contributed by atoms with van der Waals surface area (Å²) in [6.45, 7) is 0.0975. The highest BCUT2D eigenvalue weighted by Crippen LogP contribution is 2.04. The molecule has 16 heavy (non-hydrogen) atoms. The summed E-state index contributed by atoms with van der Waals surface area (Å²) in [5, 5.41) is 11.8. The molecule has 1 unspecified atom stereocenters. The van der Waals surface area contributed by atoms with Crippen molar-refractivity contribution in [2.24, 2.45) is 0 Å². The van der Waals surface area contributed by atoms with E-state index < -0.39 is 0 Å². The summed E-state index contributed by atoms with van der Waals surface area (Å²) in [4.78, 5) is 11.8. The average molecular weight is 239 g/mol. The van der Waals surface area contributed by atoms with Crippen molar-refractivity contribution in [3.05, 3.63) is 35.9 Å². The first-order chi connectivity index (χ1) is 7.77. The maximum Gasteiger partial charge on any atom is 0.251 e. The number of nitrogens with one attached hydrogen (secondary N) is 1. The van der Waals surface area contributed by atoms with Gasteiger partial charge in [-0.05, 0) is 24.8 Å². The monoisotopic (exact) mass is 239 g/mol. The average Bonchev–Trinajstić information content (AvgIpc) is 2.31. The third-order valence-corrected chi connectivity index (χ3v) is 2.95. The quantitative estimate of drug-likeness (QED) is 0.791. The first kappa shape index (κ1) is 13.1. The molecule has 0 saturated heterocycles. The number of rotatable bonds is 6. The van der Waals surface area contributed by atoms with Crippen LogP contribution in [0.2, 0.25) is 0 Å². The summed E-state index contributed by atoms with van der Waals surface area (Å²) in [5.74, 6) is 0.743. The van der Waals surface area contributed by atoms with Gasteiger partial charge in [0.05, 0.1) is 0 Å². The van der Waals surface area contributed by atoms with E-state index in [4.69, 9.17) is 5.11 Å². The lowest BCUT2D eigenvalue weighted by molar-refractivity contribution is 0.0935. The number of hydrogen-bond donors (Lipinski definition) is 2. The summed E-state index contributed by atoms with van der Waals surface area (Å²) in [5.41, 5.74) is 0.659. The van der Waals surface area contributed by atoms with Crippen molar-refractivity contribution in [2.75, 3.05) is 18.6 Å².